The van der Waals surface area contributed by atoms with Gasteiger partial charge in [-0.2, -0.15) is 0 Å². The van der Waals surface area contributed by atoms with Gasteiger partial charge in [0.15, 0.2) is 0 Å². The highest BCUT2D eigenvalue weighted by Gasteiger charge is 2.36. The van der Waals surface area contributed by atoms with Crippen molar-refractivity contribution < 1.29 is 9.59 Å². The highest BCUT2D eigenvalue weighted by molar-refractivity contribution is 7.10. The monoisotopic (exact) mass is 318 g/mol. The molecule has 0 N–H and O–H groups in total. The lowest BCUT2D eigenvalue weighted by molar-refractivity contribution is -0.143. The summed E-state index contributed by atoms with van der Waals surface area (Å²) in [7, 11) is 0. The van der Waals surface area contributed by atoms with Crippen molar-refractivity contribution in [3.63, 3.8) is 0 Å². The van der Waals surface area contributed by atoms with Gasteiger partial charge in [-0.15, -0.1) is 11.3 Å². The summed E-state index contributed by atoms with van der Waals surface area (Å²) in [5.41, 5.74) is 1.24. The number of rotatable bonds is 3. The van der Waals surface area contributed by atoms with E-state index in [9.17, 15) is 9.59 Å². The molecule has 2 amide bonds. The van der Waals surface area contributed by atoms with Crippen LogP contribution in [0.2, 0.25) is 0 Å². The van der Waals surface area contributed by atoms with Crippen molar-refractivity contribution in [3.8, 4) is 0 Å². The fourth-order valence-corrected chi connectivity index (χ4v) is 3.99. The molecule has 1 aromatic heterocycles. The predicted octanol–water partition coefficient (Wildman–Crippen LogP) is 2.46. The number of carbonyl (C=O) groups is 2. The molecule has 1 fully saturated rings. The van der Waals surface area contributed by atoms with Crippen LogP contribution in [0.4, 0.5) is 0 Å². The highest BCUT2D eigenvalue weighted by atomic mass is 32.1. The minimum atomic E-state index is -0.252. The van der Waals surface area contributed by atoms with Crippen molar-refractivity contribution in [2.45, 2.75) is 38.6 Å². The largest absolute Gasteiger partial charge is 0.337 e. The third-order valence-electron chi connectivity index (χ3n) is 4.41. The summed E-state index contributed by atoms with van der Waals surface area (Å²) in [5, 5.41) is 1.98. The maximum atomic E-state index is 12.8. The Labute approximate surface area is 135 Å². The lowest BCUT2D eigenvalue weighted by Gasteiger charge is -2.32. The highest BCUT2D eigenvalue weighted by Crippen LogP contribution is 2.23. The van der Waals surface area contributed by atoms with E-state index in [-0.39, 0.29) is 17.9 Å². The number of amides is 2. The van der Waals surface area contributed by atoms with E-state index in [0.29, 0.717) is 19.5 Å². The molecule has 1 aromatic rings. The van der Waals surface area contributed by atoms with Crippen molar-refractivity contribution in [1.82, 2.24) is 9.80 Å². The minimum absolute atomic E-state index is 0.0857. The van der Waals surface area contributed by atoms with Crippen LogP contribution in [0.5, 0.6) is 0 Å². The van der Waals surface area contributed by atoms with Gasteiger partial charge in [-0.05, 0) is 37.6 Å². The van der Waals surface area contributed by atoms with Gasteiger partial charge >= 0.3 is 0 Å². The van der Waals surface area contributed by atoms with Crippen LogP contribution in [0.3, 0.4) is 0 Å². The van der Waals surface area contributed by atoms with Gasteiger partial charge in [0.25, 0.3) is 0 Å². The Hall–Kier alpha value is -1.62. The summed E-state index contributed by atoms with van der Waals surface area (Å²) < 4.78 is 0. The molecule has 0 bridgehead atoms. The molecule has 22 heavy (non-hydrogen) atoms. The second-order valence-electron chi connectivity index (χ2n) is 6.10. The maximum absolute atomic E-state index is 12.8. The Morgan fingerprint density at radius 1 is 1.36 bits per heavy atom. The molecule has 0 radical (unpaired) electrons. The SMILES string of the molecule is CC1=CCCN(C(=O)C2CCCN2C(=O)Cc2cccs2)C1. The predicted molar refractivity (Wildman–Crippen MR) is 87.7 cm³/mol. The summed E-state index contributed by atoms with van der Waals surface area (Å²) >= 11 is 1.60. The van der Waals surface area contributed by atoms with Crippen molar-refractivity contribution in [1.29, 1.82) is 0 Å². The number of nitrogens with zero attached hydrogens (tertiary/aromatic N) is 2. The fraction of sp³-hybridized carbons (Fsp3) is 0.529. The number of likely N-dealkylation sites (tertiary alicyclic amines) is 1. The van der Waals surface area contributed by atoms with Crippen LogP contribution >= 0.6 is 11.3 Å². The van der Waals surface area contributed by atoms with E-state index >= 15 is 0 Å². The topological polar surface area (TPSA) is 40.6 Å². The third-order valence-corrected chi connectivity index (χ3v) is 5.28. The van der Waals surface area contributed by atoms with Crippen molar-refractivity contribution in [3.05, 3.63) is 34.0 Å². The first-order valence-corrected chi connectivity index (χ1v) is 8.79. The molecule has 0 spiro atoms. The van der Waals surface area contributed by atoms with Crippen LogP contribution in [0, 0.1) is 0 Å². The Kier molecular flexibility index (Phi) is 4.62. The van der Waals surface area contributed by atoms with Crippen molar-refractivity contribution in [2.75, 3.05) is 19.6 Å². The third kappa shape index (κ3) is 3.24. The molecule has 3 rings (SSSR count). The summed E-state index contributed by atoms with van der Waals surface area (Å²) in [4.78, 5) is 30.1. The molecule has 1 saturated heterocycles. The molecule has 0 aliphatic carbocycles. The van der Waals surface area contributed by atoms with E-state index in [1.54, 1.807) is 16.2 Å². The van der Waals surface area contributed by atoms with Gasteiger partial charge in [-0.1, -0.05) is 17.7 Å². The summed E-state index contributed by atoms with van der Waals surface area (Å²) in [6.07, 6.45) is 5.26. The lowest BCUT2D eigenvalue weighted by Crippen LogP contribution is -2.49. The first kappa shape index (κ1) is 15.3. The standard InChI is InChI=1S/C17H22N2O2S/c1-13-5-2-8-18(12-13)17(21)15-7-3-9-19(15)16(20)11-14-6-4-10-22-14/h4-6,10,15H,2-3,7-9,11-12H2,1H3. The van der Waals surface area contributed by atoms with Crippen LogP contribution in [0.15, 0.2) is 29.2 Å². The molecule has 3 heterocycles. The molecule has 0 aromatic carbocycles. The van der Waals surface area contributed by atoms with Crippen LogP contribution < -0.4 is 0 Å². The number of thiophene rings is 1. The molecule has 4 nitrogen and oxygen atoms in total. The molecule has 1 atom stereocenters. The normalized spacial score (nSPS) is 21.9. The van der Waals surface area contributed by atoms with Gasteiger partial charge in [0, 0.05) is 24.5 Å². The number of hydrogen-bond donors (Lipinski definition) is 0. The first-order valence-electron chi connectivity index (χ1n) is 7.91. The second-order valence-corrected chi connectivity index (χ2v) is 7.13. The van der Waals surface area contributed by atoms with Gasteiger partial charge in [0.05, 0.1) is 6.42 Å². The van der Waals surface area contributed by atoms with E-state index in [1.165, 1.54) is 5.57 Å². The van der Waals surface area contributed by atoms with Gasteiger partial charge < -0.3 is 9.80 Å². The van der Waals surface area contributed by atoms with Gasteiger partial charge in [0.1, 0.15) is 6.04 Å². The quantitative estimate of drug-likeness (QED) is 0.803. The van der Waals surface area contributed by atoms with E-state index in [0.717, 1.165) is 30.7 Å². The van der Waals surface area contributed by atoms with Crippen molar-refractivity contribution in [2.24, 2.45) is 0 Å². The zero-order valence-corrected chi connectivity index (χ0v) is 13.8. The van der Waals surface area contributed by atoms with E-state index in [1.807, 2.05) is 22.4 Å². The van der Waals surface area contributed by atoms with Crippen LogP contribution in [0.25, 0.3) is 0 Å². The van der Waals surface area contributed by atoms with Crippen LogP contribution in [0.1, 0.15) is 31.1 Å². The molecule has 118 valence electrons. The first-order chi connectivity index (χ1) is 10.6. The summed E-state index contributed by atoms with van der Waals surface area (Å²) in [6.45, 7) is 4.26. The number of carbonyl (C=O) groups excluding carboxylic acids is 2. The second kappa shape index (κ2) is 6.65. The van der Waals surface area contributed by atoms with Gasteiger partial charge in [0.2, 0.25) is 11.8 Å². The molecule has 0 saturated carbocycles. The average molecular weight is 318 g/mol. The Balaban J connectivity index is 1.66. The molecular weight excluding hydrogens is 296 g/mol. The molecule has 2 aliphatic heterocycles. The average Bonchev–Trinajstić information content (AvgIpc) is 3.17. The maximum Gasteiger partial charge on any atom is 0.245 e. The van der Waals surface area contributed by atoms with Crippen molar-refractivity contribution >= 4 is 23.2 Å². The molecule has 1 unspecified atom stereocenters. The Bertz CT molecular complexity index is 579. The van der Waals surface area contributed by atoms with Crippen LogP contribution in [-0.2, 0) is 16.0 Å². The summed E-state index contributed by atoms with van der Waals surface area (Å²) in [5.74, 6) is 0.215. The van der Waals surface area contributed by atoms with E-state index < -0.39 is 0 Å². The zero-order chi connectivity index (χ0) is 15.5. The molecular formula is C17H22N2O2S. The lowest BCUT2D eigenvalue weighted by atomic mass is 10.1. The van der Waals surface area contributed by atoms with E-state index in [2.05, 4.69) is 13.0 Å². The zero-order valence-electron chi connectivity index (χ0n) is 13.0. The molecule has 2 aliphatic rings. The van der Waals surface area contributed by atoms with Crippen LogP contribution in [-0.4, -0.2) is 47.3 Å². The summed E-state index contributed by atoms with van der Waals surface area (Å²) in [6, 6.07) is 3.69. The molecule has 5 heteroatoms. The van der Waals surface area contributed by atoms with Gasteiger partial charge in [-0.25, -0.2) is 0 Å². The Morgan fingerprint density at radius 2 is 2.23 bits per heavy atom. The minimum Gasteiger partial charge on any atom is -0.337 e. The number of hydrogen-bond acceptors (Lipinski definition) is 3. The van der Waals surface area contributed by atoms with Gasteiger partial charge in [-0.3, -0.25) is 9.59 Å². The fourth-order valence-electron chi connectivity index (χ4n) is 3.30. The smallest absolute Gasteiger partial charge is 0.245 e. The van der Waals surface area contributed by atoms with E-state index in [4.69, 9.17) is 0 Å². The Morgan fingerprint density at radius 3 is 2.95 bits per heavy atom.